The fourth-order valence-electron chi connectivity index (χ4n) is 2.51. The average molecular weight is 276 g/mol. The van der Waals surface area contributed by atoms with Gasteiger partial charge in [-0.15, -0.1) is 0 Å². The third-order valence-electron chi connectivity index (χ3n) is 3.64. The van der Waals surface area contributed by atoms with Crippen LogP contribution in [0.1, 0.15) is 32.1 Å². The largest absolute Gasteiger partial charge is 0.376 e. The summed E-state index contributed by atoms with van der Waals surface area (Å²) in [7, 11) is -1.26. The second-order valence-corrected chi connectivity index (χ2v) is 7.19. The molecule has 1 heterocycles. The summed E-state index contributed by atoms with van der Waals surface area (Å²) in [5.41, 5.74) is 0. The zero-order chi connectivity index (χ0) is 13.0. The van der Waals surface area contributed by atoms with E-state index in [1.807, 2.05) is 7.05 Å². The molecule has 2 atom stereocenters. The van der Waals surface area contributed by atoms with E-state index in [9.17, 15) is 8.42 Å². The fraction of sp³-hybridized carbons (Fsp3) is 1.00. The number of unbranched alkanes of at least 4 members (excludes halogenated alkanes) is 1. The van der Waals surface area contributed by atoms with Gasteiger partial charge in [-0.2, -0.15) is 0 Å². The van der Waals surface area contributed by atoms with Crippen LogP contribution in [0.2, 0.25) is 0 Å². The first kappa shape index (κ1) is 14.2. The highest BCUT2D eigenvalue weighted by Crippen LogP contribution is 2.38. The van der Waals surface area contributed by atoms with Gasteiger partial charge in [-0.1, -0.05) is 0 Å². The quantitative estimate of drug-likeness (QED) is 0.633. The van der Waals surface area contributed by atoms with E-state index in [0.29, 0.717) is 18.9 Å². The Morgan fingerprint density at radius 3 is 2.67 bits per heavy atom. The minimum absolute atomic E-state index is 0.00630. The smallest absolute Gasteiger partial charge is 0.211 e. The van der Waals surface area contributed by atoms with Crippen LogP contribution < -0.4 is 10.0 Å². The second-order valence-electron chi connectivity index (χ2n) is 5.32. The molecule has 0 spiro atoms. The topological polar surface area (TPSA) is 67.4 Å². The Balaban J connectivity index is 1.76. The SMILES string of the molecule is CNCCCCS(=O)(=O)NC1CCOC1C1CC1. The molecule has 0 aromatic carbocycles. The van der Waals surface area contributed by atoms with Crippen LogP contribution in [0.15, 0.2) is 0 Å². The molecule has 5 nitrogen and oxygen atoms in total. The van der Waals surface area contributed by atoms with Crippen molar-refractivity contribution in [2.45, 2.75) is 44.2 Å². The van der Waals surface area contributed by atoms with E-state index in [4.69, 9.17) is 4.74 Å². The Kier molecular flexibility index (Phi) is 5.00. The minimum Gasteiger partial charge on any atom is -0.376 e. The molecule has 1 aliphatic carbocycles. The van der Waals surface area contributed by atoms with Crippen molar-refractivity contribution < 1.29 is 13.2 Å². The molecule has 106 valence electrons. The predicted molar refractivity (Wildman–Crippen MR) is 71.0 cm³/mol. The molecular formula is C12H24N2O3S. The first-order chi connectivity index (χ1) is 8.62. The number of nitrogens with one attached hydrogen (secondary N) is 2. The molecule has 0 amide bonds. The van der Waals surface area contributed by atoms with Crippen LogP contribution in [0.5, 0.6) is 0 Å². The van der Waals surface area contributed by atoms with Gasteiger partial charge in [0.1, 0.15) is 0 Å². The summed E-state index contributed by atoms with van der Waals surface area (Å²) in [6.07, 6.45) is 4.91. The zero-order valence-electron chi connectivity index (χ0n) is 11.0. The molecule has 0 aromatic rings. The lowest BCUT2D eigenvalue weighted by molar-refractivity contribution is 0.0848. The van der Waals surface area contributed by atoms with Crippen LogP contribution in [0.3, 0.4) is 0 Å². The van der Waals surface area contributed by atoms with Crippen molar-refractivity contribution in [3.8, 4) is 0 Å². The Morgan fingerprint density at radius 2 is 2.00 bits per heavy atom. The van der Waals surface area contributed by atoms with Gasteiger partial charge in [-0.25, -0.2) is 13.1 Å². The summed E-state index contributed by atoms with van der Waals surface area (Å²) in [5, 5.41) is 3.02. The molecule has 1 saturated carbocycles. The Labute approximate surface area is 110 Å². The van der Waals surface area contributed by atoms with Gasteiger partial charge < -0.3 is 10.1 Å². The van der Waals surface area contributed by atoms with Crippen LogP contribution in [0, 0.1) is 5.92 Å². The molecule has 1 aliphatic heterocycles. The molecule has 1 saturated heterocycles. The monoisotopic (exact) mass is 276 g/mol. The first-order valence-electron chi connectivity index (χ1n) is 6.88. The minimum atomic E-state index is -3.14. The van der Waals surface area contributed by atoms with Crippen LogP contribution >= 0.6 is 0 Å². The summed E-state index contributed by atoms with van der Waals surface area (Å²) < 4.78 is 32.4. The summed E-state index contributed by atoms with van der Waals surface area (Å²) in [6, 6.07) is 0.00630. The van der Waals surface area contributed by atoms with Crippen molar-refractivity contribution in [2.24, 2.45) is 5.92 Å². The molecular weight excluding hydrogens is 252 g/mol. The zero-order valence-corrected chi connectivity index (χ0v) is 11.8. The molecule has 0 radical (unpaired) electrons. The molecule has 2 fully saturated rings. The predicted octanol–water partition coefficient (Wildman–Crippen LogP) is 0.473. The lowest BCUT2D eigenvalue weighted by Crippen LogP contribution is -2.42. The Morgan fingerprint density at radius 1 is 1.22 bits per heavy atom. The second kappa shape index (κ2) is 6.32. The van der Waals surface area contributed by atoms with Gasteiger partial charge in [-0.3, -0.25) is 0 Å². The van der Waals surface area contributed by atoms with Gasteiger partial charge >= 0.3 is 0 Å². The maximum Gasteiger partial charge on any atom is 0.211 e. The van der Waals surface area contributed by atoms with Gasteiger partial charge in [-0.05, 0) is 51.6 Å². The molecule has 6 heteroatoms. The van der Waals surface area contributed by atoms with Crippen molar-refractivity contribution in [1.29, 1.82) is 0 Å². The van der Waals surface area contributed by atoms with Crippen molar-refractivity contribution in [2.75, 3.05) is 26.0 Å². The highest BCUT2D eigenvalue weighted by molar-refractivity contribution is 7.89. The van der Waals surface area contributed by atoms with E-state index in [0.717, 1.165) is 19.4 Å². The maximum absolute atomic E-state index is 12.0. The first-order valence-corrected chi connectivity index (χ1v) is 8.54. The standard InChI is InChI=1S/C12H24N2O3S/c1-13-7-2-3-9-18(15,16)14-11-6-8-17-12(11)10-4-5-10/h10-14H,2-9H2,1H3. The van der Waals surface area contributed by atoms with E-state index in [-0.39, 0.29) is 17.9 Å². The third-order valence-corrected chi connectivity index (χ3v) is 5.13. The van der Waals surface area contributed by atoms with Crippen LogP contribution in [-0.2, 0) is 14.8 Å². The van der Waals surface area contributed by atoms with Crippen LogP contribution in [-0.4, -0.2) is 46.5 Å². The Bertz CT molecular complexity index is 354. The van der Waals surface area contributed by atoms with Crippen molar-refractivity contribution in [1.82, 2.24) is 10.0 Å². The molecule has 0 bridgehead atoms. The molecule has 2 aliphatic rings. The highest BCUT2D eigenvalue weighted by Gasteiger charge is 2.41. The van der Waals surface area contributed by atoms with Crippen molar-refractivity contribution in [3.05, 3.63) is 0 Å². The normalized spacial score (nSPS) is 28.7. The summed E-state index contributed by atoms with van der Waals surface area (Å²) in [5.74, 6) is 0.812. The van der Waals surface area contributed by atoms with Gasteiger partial charge in [0.05, 0.1) is 17.9 Å². The average Bonchev–Trinajstić information content (AvgIpc) is 3.06. The van der Waals surface area contributed by atoms with E-state index in [2.05, 4.69) is 10.0 Å². The van der Waals surface area contributed by atoms with Crippen molar-refractivity contribution in [3.63, 3.8) is 0 Å². The number of ether oxygens (including phenoxy) is 1. The maximum atomic E-state index is 12.0. The van der Waals surface area contributed by atoms with Crippen molar-refractivity contribution >= 4 is 10.0 Å². The number of rotatable bonds is 8. The molecule has 2 unspecified atom stereocenters. The van der Waals surface area contributed by atoms with E-state index in [1.54, 1.807) is 0 Å². The highest BCUT2D eigenvalue weighted by atomic mass is 32.2. The Hall–Kier alpha value is -0.170. The van der Waals surface area contributed by atoms with Gasteiger partial charge in [0.15, 0.2) is 0 Å². The number of hydrogen-bond acceptors (Lipinski definition) is 4. The third kappa shape index (κ3) is 4.19. The summed E-state index contributed by atoms with van der Waals surface area (Å²) >= 11 is 0. The fourth-order valence-corrected chi connectivity index (χ4v) is 3.93. The van der Waals surface area contributed by atoms with E-state index < -0.39 is 10.0 Å². The number of sulfonamides is 1. The molecule has 2 rings (SSSR count). The lowest BCUT2D eigenvalue weighted by atomic mass is 10.1. The molecule has 18 heavy (non-hydrogen) atoms. The van der Waals surface area contributed by atoms with Gasteiger partial charge in [0.2, 0.25) is 10.0 Å². The van der Waals surface area contributed by atoms with E-state index >= 15 is 0 Å². The molecule has 0 aromatic heterocycles. The summed E-state index contributed by atoms with van der Waals surface area (Å²) in [4.78, 5) is 0. The number of hydrogen-bond donors (Lipinski definition) is 2. The van der Waals surface area contributed by atoms with E-state index in [1.165, 1.54) is 12.8 Å². The summed E-state index contributed by atoms with van der Waals surface area (Å²) in [6.45, 7) is 1.56. The van der Waals surface area contributed by atoms with Crippen LogP contribution in [0.4, 0.5) is 0 Å². The lowest BCUT2D eigenvalue weighted by Gasteiger charge is -2.19. The molecule has 2 N–H and O–H groups in total. The van der Waals surface area contributed by atoms with Crippen LogP contribution in [0.25, 0.3) is 0 Å². The van der Waals surface area contributed by atoms with Gasteiger partial charge in [0, 0.05) is 6.61 Å². The van der Waals surface area contributed by atoms with Gasteiger partial charge in [0.25, 0.3) is 0 Å².